The summed E-state index contributed by atoms with van der Waals surface area (Å²) in [6.45, 7) is -0.112. The Morgan fingerprint density at radius 1 is 0.828 bits per heavy atom. The third-order valence-corrected chi connectivity index (χ3v) is 4.79. The summed E-state index contributed by atoms with van der Waals surface area (Å²) < 4.78 is 5.58. The Balaban J connectivity index is 1.67. The predicted octanol–water partition coefficient (Wildman–Crippen LogP) is 4.83. The van der Waals surface area contributed by atoms with Crippen LogP contribution in [0.15, 0.2) is 97.1 Å². The number of para-hydroxylation sites is 1. The molecule has 0 saturated heterocycles. The van der Waals surface area contributed by atoms with Crippen LogP contribution >= 0.6 is 0 Å². The first kappa shape index (κ1) is 18.6. The highest BCUT2D eigenvalue weighted by Gasteiger charge is 2.22. The van der Waals surface area contributed by atoms with E-state index in [1.807, 2.05) is 78.9 Å². The van der Waals surface area contributed by atoms with Crippen LogP contribution in [0, 0.1) is 0 Å². The summed E-state index contributed by atoms with van der Waals surface area (Å²) in [5.41, 5.74) is 1.55. The van der Waals surface area contributed by atoms with Crippen LogP contribution in [0.4, 0.5) is 0 Å². The molecule has 4 rings (SSSR count). The second-order valence-corrected chi connectivity index (χ2v) is 6.73. The van der Waals surface area contributed by atoms with Gasteiger partial charge in [0.05, 0.1) is 6.04 Å². The Morgan fingerprint density at radius 3 is 2.24 bits per heavy atom. The lowest BCUT2D eigenvalue weighted by Gasteiger charge is -2.22. The number of ether oxygens (including phenoxy) is 1. The van der Waals surface area contributed by atoms with Crippen LogP contribution < -0.4 is 10.1 Å². The van der Waals surface area contributed by atoms with Gasteiger partial charge in [-0.2, -0.15) is 0 Å². The topological polar surface area (TPSA) is 58.6 Å². The summed E-state index contributed by atoms with van der Waals surface area (Å²) in [5.74, 6) is 0.504. The van der Waals surface area contributed by atoms with Crippen molar-refractivity contribution in [1.82, 2.24) is 5.32 Å². The number of hydrogen-bond acceptors (Lipinski definition) is 3. The van der Waals surface area contributed by atoms with E-state index in [4.69, 9.17) is 4.74 Å². The molecular weight excluding hydrogens is 362 g/mol. The normalized spacial score (nSPS) is 11.7. The number of carbonyl (C=O) groups is 1. The van der Waals surface area contributed by atoms with Crippen molar-refractivity contribution in [1.29, 1.82) is 0 Å². The molecule has 1 amide bonds. The number of fused-ring (bicyclic) bond motifs is 1. The monoisotopic (exact) mass is 383 g/mol. The zero-order chi connectivity index (χ0) is 20.1. The van der Waals surface area contributed by atoms with Gasteiger partial charge in [-0.1, -0.05) is 78.9 Å². The number of phenols is 1. The van der Waals surface area contributed by atoms with Gasteiger partial charge in [0.25, 0.3) is 5.91 Å². The van der Waals surface area contributed by atoms with Gasteiger partial charge in [0.1, 0.15) is 11.5 Å². The van der Waals surface area contributed by atoms with Crippen LogP contribution in [0.1, 0.15) is 17.2 Å². The number of hydrogen-bond donors (Lipinski definition) is 2. The molecule has 2 N–H and O–H groups in total. The maximum absolute atomic E-state index is 12.7. The standard InChI is InChI=1S/C25H21NO3/c27-22-16-15-18-9-7-8-14-21(18)24(22)25(19-10-3-1-4-11-19)26-23(28)17-29-20-12-5-2-6-13-20/h1-16,25,27H,17H2,(H,26,28)/t25-/m1/s1. The third-order valence-electron chi connectivity index (χ3n) is 4.79. The smallest absolute Gasteiger partial charge is 0.258 e. The van der Waals surface area contributed by atoms with E-state index in [0.29, 0.717) is 11.3 Å². The molecule has 4 aromatic rings. The molecule has 0 heterocycles. The highest BCUT2D eigenvalue weighted by molar-refractivity contribution is 5.89. The highest BCUT2D eigenvalue weighted by Crippen LogP contribution is 2.35. The van der Waals surface area contributed by atoms with E-state index in [1.165, 1.54) is 0 Å². The van der Waals surface area contributed by atoms with Crippen LogP contribution in [0.5, 0.6) is 11.5 Å². The molecule has 0 spiro atoms. The molecule has 0 aliphatic heterocycles. The van der Waals surface area contributed by atoms with Gasteiger partial charge in [-0.25, -0.2) is 0 Å². The van der Waals surface area contributed by atoms with E-state index < -0.39 is 6.04 Å². The Labute approximate surface area is 169 Å². The number of benzene rings is 4. The van der Waals surface area contributed by atoms with E-state index in [1.54, 1.807) is 18.2 Å². The van der Waals surface area contributed by atoms with Crippen LogP contribution in [0.2, 0.25) is 0 Å². The Bertz CT molecular complexity index is 1110. The van der Waals surface area contributed by atoms with E-state index in [0.717, 1.165) is 16.3 Å². The minimum absolute atomic E-state index is 0.112. The quantitative estimate of drug-likeness (QED) is 0.501. The van der Waals surface area contributed by atoms with Gasteiger partial charge in [-0.15, -0.1) is 0 Å². The molecule has 0 aliphatic carbocycles. The maximum Gasteiger partial charge on any atom is 0.258 e. The van der Waals surface area contributed by atoms with Crippen molar-refractivity contribution in [2.75, 3.05) is 6.61 Å². The zero-order valence-electron chi connectivity index (χ0n) is 15.8. The average molecular weight is 383 g/mol. The number of rotatable bonds is 6. The second-order valence-electron chi connectivity index (χ2n) is 6.73. The molecule has 0 bridgehead atoms. The predicted molar refractivity (Wildman–Crippen MR) is 114 cm³/mol. The van der Waals surface area contributed by atoms with Crippen molar-refractivity contribution < 1.29 is 14.6 Å². The summed E-state index contributed by atoms with van der Waals surface area (Å²) >= 11 is 0. The minimum Gasteiger partial charge on any atom is -0.508 e. The first-order valence-electron chi connectivity index (χ1n) is 9.45. The molecule has 4 aromatic carbocycles. The van der Waals surface area contributed by atoms with Crippen molar-refractivity contribution in [2.24, 2.45) is 0 Å². The van der Waals surface area contributed by atoms with Gasteiger partial charge in [-0.3, -0.25) is 4.79 Å². The van der Waals surface area contributed by atoms with Gasteiger partial charge < -0.3 is 15.2 Å². The zero-order valence-corrected chi connectivity index (χ0v) is 15.8. The Morgan fingerprint density at radius 2 is 1.48 bits per heavy atom. The molecule has 144 valence electrons. The van der Waals surface area contributed by atoms with Crippen molar-refractivity contribution >= 4 is 16.7 Å². The molecule has 0 unspecified atom stereocenters. The third kappa shape index (κ3) is 4.22. The summed E-state index contributed by atoms with van der Waals surface area (Å²) in [4.78, 5) is 12.7. The van der Waals surface area contributed by atoms with E-state index in [-0.39, 0.29) is 18.3 Å². The van der Waals surface area contributed by atoms with Gasteiger partial charge in [-0.05, 0) is 34.5 Å². The molecule has 0 saturated carbocycles. The lowest BCUT2D eigenvalue weighted by atomic mass is 9.92. The molecule has 0 radical (unpaired) electrons. The number of carbonyl (C=O) groups excluding carboxylic acids is 1. The van der Waals surface area contributed by atoms with E-state index >= 15 is 0 Å². The fraction of sp³-hybridized carbons (Fsp3) is 0.0800. The molecule has 29 heavy (non-hydrogen) atoms. The minimum atomic E-state index is -0.505. The largest absolute Gasteiger partial charge is 0.508 e. The van der Waals surface area contributed by atoms with Crippen LogP contribution in [0.25, 0.3) is 10.8 Å². The number of aromatic hydroxyl groups is 1. The number of amides is 1. The molecule has 0 fully saturated rings. The molecular formula is C25H21NO3. The summed E-state index contributed by atoms with van der Waals surface area (Å²) in [7, 11) is 0. The molecule has 0 aliphatic rings. The molecule has 4 nitrogen and oxygen atoms in total. The lowest BCUT2D eigenvalue weighted by molar-refractivity contribution is -0.123. The second kappa shape index (κ2) is 8.48. The fourth-order valence-corrected chi connectivity index (χ4v) is 3.42. The SMILES string of the molecule is O=C(COc1ccccc1)N[C@H](c1ccccc1)c1c(O)ccc2ccccc12. The molecule has 0 aromatic heterocycles. The molecule has 1 atom stereocenters. The van der Waals surface area contributed by atoms with Crippen LogP contribution in [-0.4, -0.2) is 17.6 Å². The van der Waals surface area contributed by atoms with Gasteiger partial charge in [0.2, 0.25) is 0 Å². The Hall–Kier alpha value is -3.79. The van der Waals surface area contributed by atoms with Crippen LogP contribution in [0.3, 0.4) is 0 Å². The van der Waals surface area contributed by atoms with E-state index in [9.17, 15) is 9.90 Å². The van der Waals surface area contributed by atoms with Crippen molar-refractivity contribution in [3.05, 3.63) is 108 Å². The van der Waals surface area contributed by atoms with Crippen molar-refractivity contribution in [3.8, 4) is 11.5 Å². The Kier molecular flexibility index (Phi) is 5.43. The fourth-order valence-electron chi connectivity index (χ4n) is 3.42. The van der Waals surface area contributed by atoms with Crippen LogP contribution in [-0.2, 0) is 4.79 Å². The highest BCUT2D eigenvalue weighted by atomic mass is 16.5. The summed E-state index contributed by atoms with van der Waals surface area (Å²) in [6.07, 6.45) is 0. The average Bonchev–Trinajstić information content (AvgIpc) is 2.78. The maximum atomic E-state index is 12.7. The van der Waals surface area contributed by atoms with Gasteiger partial charge >= 0.3 is 0 Å². The first-order valence-corrected chi connectivity index (χ1v) is 9.45. The summed E-state index contributed by atoms with van der Waals surface area (Å²) in [5, 5.41) is 15.6. The van der Waals surface area contributed by atoms with Gasteiger partial charge in [0.15, 0.2) is 6.61 Å². The lowest BCUT2D eigenvalue weighted by Crippen LogP contribution is -2.33. The van der Waals surface area contributed by atoms with Crippen molar-refractivity contribution in [2.45, 2.75) is 6.04 Å². The van der Waals surface area contributed by atoms with Gasteiger partial charge in [0, 0.05) is 5.56 Å². The number of nitrogens with one attached hydrogen (secondary N) is 1. The van der Waals surface area contributed by atoms with E-state index in [2.05, 4.69) is 5.32 Å². The number of phenolic OH excluding ortho intramolecular Hbond substituents is 1. The first-order chi connectivity index (χ1) is 14.2. The summed E-state index contributed by atoms with van der Waals surface area (Å²) in [6, 6.07) is 29.7. The molecule has 4 heteroatoms. The van der Waals surface area contributed by atoms with Crippen molar-refractivity contribution in [3.63, 3.8) is 0 Å².